The number of ether oxygens (including phenoxy) is 1. The number of nitrogens with zero attached hydrogens (tertiary/aromatic N) is 5. The van der Waals surface area contributed by atoms with Gasteiger partial charge in [0.2, 0.25) is 11.8 Å². The van der Waals surface area contributed by atoms with Gasteiger partial charge in [-0.05, 0) is 74.4 Å². The van der Waals surface area contributed by atoms with E-state index in [1.807, 2.05) is 21.5 Å². The number of pyridine rings is 1. The topological polar surface area (TPSA) is 98.9 Å². The van der Waals surface area contributed by atoms with Crippen molar-refractivity contribution in [3.05, 3.63) is 64.2 Å². The van der Waals surface area contributed by atoms with Crippen LogP contribution in [-0.2, 0) is 13.0 Å². The molecule has 1 aromatic carbocycles. The standard InChI is InChI=1S/C26H27N7O2/c34-25-22-15-29-26(30-18-5-4-16-8-10-27-14-17(16)12-18)31-24(22)32(33(25)19-6-7-19)20-9-11-28-23(13-20)35-21-2-1-3-21/h4-5,9,11-13,15,19,21,27H,1-3,6-8,10,14H2,(H,29,30,31). The van der Waals surface area contributed by atoms with Crippen LogP contribution >= 0.6 is 0 Å². The average molecular weight is 470 g/mol. The molecule has 0 saturated heterocycles. The fraction of sp³-hybridized carbons (Fsp3) is 0.385. The summed E-state index contributed by atoms with van der Waals surface area (Å²) in [6, 6.07) is 10.3. The summed E-state index contributed by atoms with van der Waals surface area (Å²) < 4.78 is 9.76. The molecule has 178 valence electrons. The molecule has 4 aromatic rings. The molecule has 1 aliphatic heterocycles. The van der Waals surface area contributed by atoms with Gasteiger partial charge in [-0.25, -0.2) is 19.3 Å². The Morgan fingerprint density at radius 2 is 1.97 bits per heavy atom. The summed E-state index contributed by atoms with van der Waals surface area (Å²) in [5, 5.41) is 7.26. The van der Waals surface area contributed by atoms with Crippen LogP contribution in [0, 0.1) is 0 Å². The van der Waals surface area contributed by atoms with Gasteiger partial charge in [0, 0.05) is 30.7 Å². The highest BCUT2D eigenvalue weighted by Gasteiger charge is 2.31. The maximum Gasteiger partial charge on any atom is 0.278 e. The largest absolute Gasteiger partial charge is 0.474 e. The maximum absolute atomic E-state index is 13.3. The van der Waals surface area contributed by atoms with Crippen LogP contribution in [0.15, 0.2) is 47.5 Å². The number of anilines is 2. The zero-order valence-corrected chi connectivity index (χ0v) is 19.4. The average Bonchev–Trinajstić information content (AvgIpc) is 3.65. The summed E-state index contributed by atoms with van der Waals surface area (Å²) in [5.41, 5.74) is 4.93. The molecule has 2 N–H and O–H groups in total. The third-order valence-corrected chi connectivity index (χ3v) is 7.17. The lowest BCUT2D eigenvalue weighted by molar-refractivity contribution is 0.114. The molecule has 9 nitrogen and oxygen atoms in total. The molecule has 0 amide bonds. The van der Waals surface area contributed by atoms with Crippen LogP contribution in [0.25, 0.3) is 16.7 Å². The molecule has 35 heavy (non-hydrogen) atoms. The number of fused-ring (bicyclic) bond motifs is 2. The quantitative estimate of drug-likeness (QED) is 0.445. The molecule has 0 atom stereocenters. The van der Waals surface area contributed by atoms with Crippen LogP contribution in [0.2, 0.25) is 0 Å². The van der Waals surface area contributed by atoms with Gasteiger partial charge >= 0.3 is 0 Å². The Bertz CT molecular complexity index is 1480. The van der Waals surface area contributed by atoms with Crippen LogP contribution < -0.4 is 20.9 Å². The predicted octanol–water partition coefficient (Wildman–Crippen LogP) is 3.63. The van der Waals surface area contributed by atoms with Crippen LogP contribution in [0.3, 0.4) is 0 Å². The number of hydrogen-bond donors (Lipinski definition) is 2. The van der Waals surface area contributed by atoms with E-state index in [9.17, 15) is 4.79 Å². The summed E-state index contributed by atoms with van der Waals surface area (Å²) in [6.07, 6.45) is 9.92. The van der Waals surface area contributed by atoms with Crippen LogP contribution in [0.4, 0.5) is 11.6 Å². The van der Waals surface area contributed by atoms with Crippen molar-refractivity contribution < 1.29 is 4.74 Å². The van der Waals surface area contributed by atoms with Gasteiger partial charge in [-0.15, -0.1) is 0 Å². The minimum Gasteiger partial charge on any atom is -0.474 e. The van der Waals surface area contributed by atoms with Crippen molar-refractivity contribution in [2.75, 3.05) is 11.9 Å². The zero-order valence-electron chi connectivity index (χ0n) is 19.4. The fourth-order valence-corrected chi connectivity index (χ4v) is 4.90. The lowest BCUT2D eigenvalue weighted by atomic mass is 9.96. The van der Waals surface area contributed by atoms with Crippen molar-refractivity contribution in [1.29, 1.82) is 0 Å². The van der Waals surface area contributed by atoms with E-state index in [1.165, 1.54) is 17.5 Å². The highest BCUT2D eigenvalue weighted by molar-refractivity contribution is 5.77. The Morgan fingerprint density at radius 3 is 2.80 bits per heavy atom. The molecule has 3 aromatic heterocycles. The van der Waals surface area contributed by atoms with E-state index in [2.05, 4.69) is 38.8 Å². The molecular formula is C26H27N7O2. The molecule has 3 aliphatic rings. The Balaban J connectivity index is 1.29. The highest BCUT2D eigenvalue weighted by atomic mass is 16.5. The molecule has 0 bridgehead atoms. The second-order valence-electron chi connectivity index (χ2n) is 9.68. The second-order valence-corrected chi connectivity index (χ2v) is 9.68. The van der Waals surface area contributed by atoms with Gasteiger partial charge in [-0.2, -0.15) is 4.98 Å². The SMILES string of the molecule is O=c1c2cnc(Nc3ccc4c(c3)CNCC4)nc2n(-c2ccnc(OC3CCC3)c2)n1C1CC1. The second kappa shape index (κ2) is 8.20. The number of aromatic nitrogens is 5. The van der Waals surface area contributed by atoms with Crippen molar-refractivity contribution in [3.63, 3.8) is 0 Å². The van der Waals surface area contributed by atoms with Gasteiger partial charge in [0.05, 0.1) is 11.7 Å². The minimum absolute atomic E-state index is 0.0628. The minimum atomic E-state index is -0.0628. The van der Waals surface area contributed by atoms with E-state index in [0.29, 0.717) is 22.9 Å². The van der Waals surface area contributed by atoms with E-state index in [-0.39, 0.29) is 17.7 Å². The van der Waals surface area contributed by atoms with E-state index in [1.54, 1.807) is 12.4 Å². The third kappa shape index (κ3) is 3.76. The monoisotopic (exact) mass is 469 g/mol. The van der Waals surface area contributed by atoms with Crippen molar-refractivity contribution in [1.82, 2.24) is 29.6 Å². The van der Waals surface area contributed by atoms with Gasteiger partial charge in [-0.3, -0.25) is 4.79 Å². The summed E-state index contributed by atoms with van der Waals surface area (Å²) in [5.74, 6) is 1.04. The fourth-order valence-electron chi connectivity index (χ4n) is 4.90. The molecule has 2 saturated carbocycles. The lowest BCUT2D eigenvalue weighted by Gasteiger charge is -2.25. The molecular weight excluding hydrogens is 442 g/mol. The predicted molar refractivity (Wildman–Crippen MR) is 133 cm³/mol. The lowest BCUT2D eigenvalue weighted by Crippen LogP contribution is -2.25. The van der Waals surface area contributed by atoms with Gasteiger partial charge < -0.3 is 15.4 Å². The van der Waals surface area contributed by atoms with E-state index >= 15 is 0 Å². The van der Waals surface area contributed by atoms with Crippen LogP contribution in [-0.4, -0.2) is 37.0 Å². The molecule has 4 heterocycles. The van der Waals surface area contributed by atoms with Crippen molar-refractivity contribution in [2.24, 2.45) is 0 Å². The molecule has 2 aliphatic carbocycles. The Labute approximate surface area is 202 Å². The highest BCUT2D eigenvalue weighted by Crippen LogP contribution is 2.36. The first-order chi connectivity index (χ1) is 17.2. The number of nitrogens with one attached hydrogen (secondary N) is 2. The normalized spacial score (nSPS) is 17.7. The summed E-state index contributed by atoms with van der Waals surface area (Å²) in [4.78, 5) is 27.0. The van der Waals surface area contributed by atoms with Crippen molar-refractivity contribution >= 4 is 22.7 Å². The van der Waals surface area contributed by atoms with E-state index < -0.39 is 0 Å². The molecule has 9 heteroatoms. The van der Waals surface area contributed by atoms with Gasteiger partial charge in [0.25, 0.3) is 5.56 Å². The van der Waals surface area contributed by atoms with Crippen LogP contribution in [0.5, 0.6) is 5.88 Å². The Morgan fingerprint density at radius 1 is 1.06 bits per heavy atom. The maximum atomic E-state index is 13.3. The first kappa shape index (κ1) is 20.6. The first-order valence-corrected chi connectivity index (χ1v) is 12.5. The molecule has 2 fully saturated rings. The summed E-state index contributed by atoms with van der Waals surface area (Å²) in [6.45, 7) is 1.87. The van der Waals surface area contributed by atoms with Gasteiger partial charge in [0.15, 0.2) is 5.65 Å². The smallest absolute Gasteiger partial charge is 0.278 e. The van der Waals surface area contributed by atoms with Gasteiger partial charge in [-0.1, -0.05) is 6.07 Å². The zero-order chi connectivity index (χ0) is 23.4. The summed E-state index contributed by atoms with van der Waals surface area (Å²) in [7, 11) is 0. The molecule has 0 radical (unpaired) electrons. The first-order valence-electron chi connectivity index (χ1n) is 12.5. The van der Waals surface area contributed by atoms with E-state index in [0.717, 1.165) is 56.6 Å². The van der Waals surface area contributed by atoms with Crippen LogP contribution in [0.1, 0.15) is 49.3 Å². The number of hydrogen-bond acceptors (Lipinski definition) is 7. The van der Waals surface area contributed by atoms with Crippen molar-refractivity contribution in [3.8, 4) is 11.6 Å². The summed E-state index contributed by atoms with van der Waals surface area (Å²) >= 11 is 0. The third-order valence-electron chi connectivity index (χ3n) is 7.17. The Kier molecular flexibility index (Phi) is 4.83. The number of benzene rings is 1. The van der Waals surface area contributed by atoms with Gasteiger partial charge in [0.1, 0.15) is 11.5 Å². The molecule has 0 spiro atoms. The molecule has 0 unspecified atom stereocenters. The van der Waals surface area contributed by atoms with Crippen molar-refractivity contribution in [2.45, 2.75) is 57.2 Å². The molecule has 7 rings (SSSR count). The Hall–Kier alpha value is -3.72. The number of rotatable bonds is 6. The van der Waals surface area contributed by atoms with E-state index in [4.69, 9.17) is 9.72 Å².